The third-order valence-electron chi connectivity index (χ3n) is 17.2. The summed E-state index contributed by atoms with van der Waals surface area (Å²) in [5.41, 5.74) is 4.07. The Labute approximate surface area is 330 Å². The van der Waals surface area contributed by atoms with Crippen molar-refractivity contribution in [1.82, 2.24) is 15.1 Å². The summed E-state index contributed by atoms with van der Waals surface area (Å²) in [7, 11) is -2.98. The van der Waals surface area contributed by atoms with Crippen LogP contribution >= 0.6 is 0 Å². The highest BCUT2D eigenvalue weighted by Gasteiger charge is 2.70. The van der Waals surface area contributed by atoms with E-state index in [-0.39, 0.29) is 57.9 Å². The second-order valence-corrected chi connectivity index (χ2v) is 22.2. The molecular formula is C45H67N3O6S. The first-order valence-corrected chi connectivity index (χ1v) is 22.9. The van der Waals surface area contributed by atoms with E-state index in [0.29, 0.717) is 61.3 Å². The van der Waals surface area contributed by atoms with E-state index in [0.717, 1.165) is 44.1 Å². The predicted octanol–water partition coefficient (Wildman–Crippen LogP) is 7.52. The Bertz CT molecular complexity index is 1810. The van der Waals surface area contributed by atoms with Gasteiger partial charge in [-0.15, -0.1) is 0 Å². The summed E-state index contributed by atoms with van der Waals surface area (Å²) in [6, 6.07) is 7.37. The maximum absolute atomic E-state index is 14.3. The average molecular weight is 778 g/mol. The van der Waals surface area contributed by atoms with E-state index in [1.54, 1.807) is 17.0 Å². The number of aliphatic hydroxyl groups is 1. The van der Waals surface area contributed by atoms with Crippen LogP contribution in [0.25, 0.3) is 5.57 Å². The van der Waals surface area contributed by atoms with E-state index in [9.17, 15) is 28.2 Å². The quantitative estimate of drug-likeness (QED) is 0.222. The smallest absolute Gasteiger partial charge is 0.335 e. The summed E-state index contributed by atoms with van der Waals surface area (Å²) in [5.74, 6) is 1.63. The molecule has 9 nitrogen and oxygen atoms in total. The first-order chi connectivity index (χ1) is 25.8. The van der Waals surface area contributed by atoms with E-state index in [1.807, 2.05) is 12.1 Å². The molecule has 4 saturated carbocycles. The number of urea groups is 1. The van der Waals surface area contributed by atoms with Crippen LogP contribution in [0.5, 0.6) is 0 Å². The number of carbonyl (C=O) groups excluding carboxylic acids is 1. The number of nitrogens with one attached hydrogen (secondary N) is 1. The van der Waals surface area contributed by atoms with Gasteiger partial charge in [0.15, 0.2) is 9.84 Å². The summed E-state index contributed by atoms with van der Waals surface area (Å²) in [6.45, 7) is 21.6. The SMILES string of the molecule is C=C(C)[C@@H]1CC[C@]2(NC(=O)N(CCO)CCN3CCS(=O)(=O)CC3)CC[C@]3(C)[C@H](CC[C@@H]4[C@@]5(C)CC=C(c6ccc(C(=O)O)cc6)C(C)(C)[C@@H]5CC[C@]43C)[C@@H]12. The van der Waals surface area contributed by atoms with Crippen molar-refractivity contribution in [2.75, 3.05) is 50.8 Å². The van der Waals surface area contributed by atoms with E-state index in [4.69, 9.17) is 0 Å². The molecule has 0 radical (unpaired) electrons. The summed E-state index contributed by atoms with van der Waals surface area (Å²) < 4.78 is 24.0. The second-order valence-electron chi connectivity index (χ2n) is 19.9. The fourth-order valence-electron chi connectivity index (χ4n) is 14.2. The number of nitrogens with zero attached hydrogens (tertiary/aromatic N) is 2. The number of allylic oxidation sites excluding steroid dienone is 3. The van der Waals surface area contributed by atoms with Crippen molar-refractivity contribution in [1.29, 1.82) is 0 Å². The molecule has 1 aromatic rings. The van der Waals surface area contributed by atoms with Crippen molar-refractivity contribution in [3.8, 4) is 0 Å². The molecule has 7 rings (SSSR count). The minimum atomic E-state index is -2.98. The Morgan fingerprint density at radius 1 is 0.909 bits per heavy atom. The van der Waals surface area contributed by atoms with Crippen LogP contribution in [0.4, 0.5) is 4.79 Å². The van der Waals surface area contributed by atoms with Gasteiger partial charge in [0.25, 0.3) is 0 Å². The number of fused-ring (bicyclic) bond motifs is 7. The standard InChI is InChI=1S/C45H67N3O6S/c1-30(2)33-14-19-45(46-40(52)48(24-27-49)23-22-47-25-28-55(53,54)29-26-47)21-20-43(6)35(38(33)45)12-13-37-42(5)17-15-34(31-8-10-32(11-9-31)39(50)51)41(3,4)36(42)16-18-44(37,43)7/h8-11,15,33,35-38,49H,1,12-14,16-29H2,2-7H3,(H,46,52)(H,50,51)/t33-,35+,36-,37+,38+,42-,43+,44+,45-/m0/s1. The minimum absolute atomic E-state index is 0.0501. The van der Waals surface area contributed by atoms with Crippen LogP contribution < -0.4 is 5.32 Å². The molecule has 5 fully saturated rings. The Hall–Kier alpha value is -2.69. The highest BCUT2D eigenvalue weighted by Crippen LogP contribution is 2.76. The van der Waals surface area contributed by atoms with Crippen molar-refractivity contribution in [2.45, 2.75) is 105 Å². The van der Waals surface area contributed by atoms with Crippen LogP contribution in [0, 0.1) is 51.2 Å². The molecule has 9 atom stereocenters. The van der Waals surface area contributed by atoms with E-state index in [2.05, 4.69) is 64.4 Å². The highest BCUT2D eigenvalue weighted by atomic mass is 32.2. The number of hydrogen-bond donors (Lipinski definition) is 3. The predicted molar refractivity (Wildman–Crippen MR) is 218 cm³/mol. The third kappa shape index (κ3) is 6.62. The molecule has 1 heterocycles. The zero-order chi connectivity index (χ0) is 39.8. The number of carboxylic acid groups (broad SMARTS) is 1. The lowest BCUT2D eigenvalue weighted by atomic mass is 9.33. The van der Waals surface area contributed by atoms with Crippen LogP contribution in [0.1, 0.15) is 115 Å². The molecular weight excluding hydrogens is 711 g/mol. The third-order valence-corrected chi connectivity index (χ3v) is 18.8. The van der Waals surface area contributed by atoms with E-state index in [1.165, 1.54) is 30.4 Å². The summed E-state index contributed by atoms with van der Waals surface area (Å²) in [6.07, 6.45) is 12.2. The molecule has 0 bridgehead atoms. The Balaban J connectivity index is 1.14. The van der Waals surface area contributed by atoms with Gasteiger partial charge < -0.3 is 20.4 Å². The van der Waals surface area contributed by atoms with Crippen LogP contribution in [0.15, 0.2) is 42.5 Å². The summed E-state index contributed by atoms with van der Waals surface area (Å²) in [4.78, 5) is 29.8. The molecule has 0 unspecified atom stereocenters. The van der Waals surface area contributed by atoms with Crippen LogP contribution in [0.2, 0.25) is 0 Å². The number of sulfone groups is 1. The molecule has 1 aliphatic heterocycles. The number of carbonyl (C=O) groups is 2. The normalized spacial score (nSPS) is 39.0. The van der Waals surface area contributed by atoms with Gasteiger partial charge in [-0.05, 0) is 139 Å². The van der Waals surface area contributed by atoms with Gasteiger partial charge in [0.2, 0.25) is 0 Å². The molecule has 10 heteroatoms. The number of aromatic carboxylic acids is 1. The van der Waals surface area contributed by atoms with Gasteiger partial charge in [0.05, 0.1) is 23.7 Å². The number of amides is 2. The van der Waals surface area contributed by atoms with Crippen LogP contribution in [-0.4, -0.2) is 96.8 Å². The fourth-order valence-corrected chi connectivity index (χ4v) is 15.5. The van der Waals surface area contributed by atoms with Crippen molar-refractivity contribution in [2.24, 2.45) is 51.2 Å². The molecule has 55 heavy (non-hydrogen) atoms. The van der Waals surface area contributed by atoms with Crippen molar-refractivity contribution < 1.29 is 28.2 Å². The zero-order valence-electron chi connectivity index (χ0n) is 34.3. The van der Waals surface area contributed by atoms with Gasteiger partial charge in [-0.1, -0.05) is 65.0 Å². The molecule has 304 valence electrons. The van der Waals surface area contributed by atoms with Crippen molar-refractivity contribution in [3.05, 3.63) is 53.6 Å². The van der Waals surface area contributed by atoms with E-state index < -0.39 is 15.8 Å². The summed E-state index contributed by atoms with van der Waals surface area (Å²) in [5, 5.41) is 23.2. The van der Waals surface area contributed by atoms with Gasteiger partial charge in [0.1, 0.15) is 0 Å². The molecule has 6 aliphatic rings. The maximum atomic E-state index is 14.3. The van der Waals surface area contributed by atoms with Gasteiger partial charge in [-0.25, -0.2) is 18.0 Å². The molecule has 3 N–H and O–H groups in total. The average Bonchev–Trinajstić information content (AvgIpc) is 3.50. The van der Waals surface area contributed by atoms with Gasteiger partial charge in [-0.3, -0.25) is 4.90 Å². The first-order valence-electron chi connectivity index (χ1n) is 21.1. The molecule has 5 aliphatic carbocycles. The Kier molecular flexibility index (Phi) is 10.5. The molecule has 2 amide bonds. The maximum Gasteiger partial charge on any atom is 0.335 e. The summed E-state index contributed by atoms with van der Waals surface area (Å²) >= 11 is 0. The lowest BCUT2D eigenvalue weighted by molar-refractivity contribution is -0.218. The fraction of sp³-hybridized carbons (Fsp3) is 0.733. The number of hydrogen-bond acceptors (Lipinski definition) is 6. The number of aliphatic hydroxyl groups excluding tert-OH is 1. The highest BCUT2D eigenvalue weighted by molar-refractivity contribution is 7.91. The molecule has 1 aromatic carbocycles. The van der Waals surface area contributed by atoms with Crippen LogP contribution in [-0.2, 0) is 9.84 Å². The van der Waals surface area contributed by atoms with Gasteiger partial charge >= 0.3 is 12.0 Å². The van der Waals surface area contributed by atoms with Crippen molar-refractivity contribution >= 4 is 27.4 Å². The lowest BCUT2D eigenvalue weighted by Gasteiger charge is -2.72. The largest absolute Gasteiger partial charge is 0.478 e. The number of rotatable bonds is 9. The van der Waals surface area contributed by atoms with E-state index >= 15 is 0 Å². The second kappa shape index (κ2) is 14.3. The number of carboxylic acids is 1. The van der Waals surface area contributed by atoms with Crippen LogP contribution in [0.3, 0.4) is 0 Å². The monoisotopic (exact) mass is 777 g/mol. The van der Waals surface area contributed by atoms with Gasteiger partial charge in [-0.2, -0.15) is 0 Å². The molecule has 0 spiro atoms. The Morgan fingerprint density at radius 2 is 1.60 bits per heavy atom. The zero-order valence-corrected chi connectivity index (χ0v) is 35.1. The number of benzene rings is 1. The Morgan fingerprint density at radius 3 is 2.24 bits per heavy atom. The lowest BCUT2D eigenvalue weighted by Crippen LogP contribution is -2.69. The molecule has 0 aromatic heterocycles. The minimum Gasteiger partial charge on any atom is -0.478 e. The topological polar surface area (TPSA) is 127 Å². The molecule has 1 saturated heterocycles. The first kappa shape index (κ1) is 40.5. The van der Waals surface area contributed by atoms with Gasteiger partial charge in [0, 0.05) is 38.3 Å². The van der Waals surface area contributed by atoms with Crippen molar-refractivity contribution in [3.63, 3.8) is 0 Å².